The molecule has 0 aromatic heterocycles. The molecule has 1 aliphatic carbocycles. The minimum absolute atomic E-state index is 0.277. The number of alkyl halides is 3. The average molecular weight is 216 g/mol. The fraction of sp³-hybridized carbons (Fsp3) is 0.500. The second-order valence-electron chi connectivity index (χ2n) is 4.03. The van der Waals surface area contributed by atoms with E-state index < -0.39 is 11.7 Å². The van der Waals surface area contributed by atoms with E-state index in [1.54, 1.807) is 0 Å². The Balaban J connectivity index is 2.90. The predicted octanol–water partition coefficient (Wildman–Crippen LogP) is 4.41. The maximum absolute atomic E-state index is 12.5. The Hall–Kier alpha value is -0.990. The summed E-state index contributed by atoms with van der Waals surface area (Å²) < 4.78 is 37.5. The van der Waals surface area contributed by atoms with Gasteiger partial charge in [-0.05, 0) is 25.2 Å². The number of hydrogen-bond donors (Lipinski definition) is 0. The summed E-state index contributed by atoms with van der Waals surface area (Å²) in [6.45, 7) is 5.69. The molecule has 0 aliphatic heterocycles. The molecule has 0 amide bonds. The topological polar surface area (TPSA) is 0 Å². The summed E-state index contributed by atoms with van der Waals surface area (Å²) in [6, 6.07) is 0. The molecule has 0 spiro atoms. The van der Waals surface area contributed by atoms with Crippen molar-refractivity contribution in [3.8, 4) is 0 Å². The van der Waals surface area contributed by atoms with Crippen molar-refractivity contribution in [2.75, 3.05) is 0 Å². The van der Waals surface area contributed by atoms with Gasteiger partial charge in [0.25, 0.3) is 0 Å². The smallest absolute Gasteiger partial charge is 0.166 e. The first-order valence-electron chi connectivity index (χ1n) is 5.03. The molecule has 84 valence electrons. The molecule has 0 aromatic carbocycles. The Morgan fingerprint density at radius 2 is 2.00 bits per heavy atom. The third kappa shape index (κ3) is 3.94. The summed E-state index contributed by atoms with van der Waals surface area (Å²) in [7, 11) is 0. The Morgan fingerprint density at radius 3 is 2.60 bits per heavy atom. The van der Waals surface area contributed by atoms with Crippen LogP contribution in [-0.4, -0.2) is 6.18 Å². The molecule has 15 heavy (non-hydrogen) atoms. The first-order valence-corrected chi connectivity index (χ1v) is 5.03. The molecule has 0 heterocycles. The minimum Gasteiger partial charge on any atom is -0.166 e. The van der Waals surface area contributed by atoms with Crippen molar-refractivity contribution in [2.45, 2.75) is 32.4 Å². The van der Waals surface area contributed by atoms with Crippen LogP contribution in [0.2, 0.25) is 0 Å². The highest BCUT2D eigenvalue weighted by molar-refractivity contribution is 5.30. The molecule has 1 aliphatic rings. The molecule has 0 bridgehead atoms. The molecule has 0 N–H and O–H groups in total. The van der Waals surface area contributed by atoms with E-state index >= 15 is 0 Å². The van der Waals surface area contributed by atoms with Crippen LogP contribution in [0, 0.1) is 5.92 Å². The van der Waals surface area contributed by atoms with Gasteiger partial charge in [0.1, 0.15) is 0 Å². The van der Waals surface area contributed by atoms with Crippen molar-refractivity contribution >= 4 is 0 Å². The van der Waals surface area contributed by atoms with E-state index in [2.05, 4.69) is 6.58 Å². The van der Waals surface area contributed by atoms with Gasteiger partial charge < -0.3 is 0 Å². The maximum Gasteiger partial charge on any atom is 0.416 e. The Labute approximate surface area is 88.2 Å². The normalized spacial score (nSPS) is 29.7. The summed E-state index contributed by atoms with van der Waals surface area (Å²) in [5, 5.41) is 0. The second-order valence-corrected chi connectivity index (χ2v) is 4.03. The van der Waals surface area contributed by atoms with Crippen molar-refractivity contribution in [1.82, 2.24) is 0 Å². The van der Waals surface area contributed by atoms with E-state index in [-0.39, 0.29) is 5.92 Å². The lowest BCUT2D eigenvalue weighted by atomic mass is 9.99. The molecular formula is C12H15F3. The van der Waals surface area contributed by atoms with Gasteiger partial charge in [-0.25, -0.2) is 0 Å². The van der Waals surface area contributed by atoms with Crippen LogP contribution in [0.15, 0.2) is 36.0 Å². The van der Waals surface area contributed by atoms with Crippen molar-refractivity contribution in [3.63, 3.8) is 0 Å². The second kappa shape index (κ2) is 4.69. The van der Waals surface area contributed by atoms with Crippen LogP contribution in [0.25, 0.3) is 0 Å². The summed E-state index contributed by atoms with van der Waals surface area (Å²) in [6.07, 6.45) is 1.77. The third-order valence-electron chi connectivity index (χ3n) is 2.52. The number of allylic oxidation sites excluding steroid dienone is 5. The highest BCUT2D eigenvalue weighted by Gasteiger charge is 2.31. The van der Waals surface area contributed by atoms with E-state index in [0.29, 0.717) is 6.42 Å². The van der Waals surface area contributed by atoms with Crippen LogP contribution in [0.3, 0.4) is 0 Å². The molecule has 1 rings (SSSR count). The van der Waals surface area contributed by atoms with Crippen molar-refractivity contribution in [2.24, 2.45) is 5.92 Å². The molecule has 1 atom stereocenters. The number of rotatable bonds is 0. The summed E-state index contributed by atoms with van der Waals surface area (Å²) >= 11 is 0. The fourth-order valence-corrected chi connectivity index (χ4v) is 1.45. The van der Waals surface area contributed by atoms with E-state index in [9.17, 15) is 13.2 Å². The van der Waals surface area contributed by atoms with Crippen molar-refractivity contribution < 1.29 is 13.2 Å². The minimum atomic E-state index is -4.25. The molecule has 0 radical (unpaired) electrons. The largest absolute Gasteiger partial charge is 0.416 e. The molecule has 1 unspecified atom stereocenters. The summed E-state index contributed by atoms with van der Waals surface area (Å²) in [5.74, 6) is 0.277. The van der Waals surface area contributed by atoms with Gasteiger partial charge in [-0.1, -0.05) is 37.3 Å². The molecule has 0 saturated heterocycles. The summed E-state index contributed by atoms with van der Waals surface area (Å²) in [4.78, 5) is 0. The number of hydrogen-bond acceptors (Lipinski definition) is 0. The van der Waals surface area contributed by atoms with Gasteiger partial charge in [-0.3, -0.25) is 0 Å². The Kier molecular flexibility index (Phi) is 3.77. The molecule has 0 saturated carbocycles. The zero-order chi connectivity index (χ0) is 11.5. The van der Waals surface area contributed by atoms with Crippen molar-refractivity contribution in [1.29, 1.82) is 0 Å². The van der Waals surface area contributed by atoms with Gasteiger partial charge >= 0.3 is 6.18 Å². The zero-order valence-corrected chi connectivity index (χ0v) is 8.77. The average Bonchev–Trinajstić information content (AvgIpc) is 2.18. The van der Waals surface area contributed by atoms with E-state index in [1.165, 1.54) is 12.2 Å². The van der Waals surface area contributed by atoms with Gasteiger partial charge in [-0.2, -0.15) is 13.2 Å². The van der Waals surface area contributed by atoms with Crippen LogP contribution in [-0.2, 0) is 0 Å². The van der Waals surface area contributed by atoms with Crippen LogP contribution in [0.1, 0.15) is 26.2 Å². The first-order chi connectivity index (χ1) is 6.89. The third-order valence-corrected chi connectivity index (χ3v) is 2.52. The van der Waals surface area contributed by atoms with Gasteiger partial charge in [0, 0.05) is 0 Å². The van der Waals surface area contributed by atoms with E-state index in [0.717, 1.165) is 24.5 Å². The Bertz CT molecular complexity index is 294. The van der Waals surface area contributed by atoms with Gasteiger partial charge in [0.05, 0.1) is 5.57 Å². The lowest BCUT2D eigenvalue weighted by Gasteiger charge is -2.09. The quantitative estimate of drug-likeness (QED) is 0.562. The lowest BCUT2D eigenvalue weighted by molar-refractivity contribution is -0.0884. The predicted molar refractivity (Wildman–Crippen MR) is 55.4 cm³/mol. The highest BCUT2D eigenvalue weighted by Crippen LogP contribution is 2.30. The van der Waals surface area contributed by atoms with Crippen LogP contribution >= 0.6 is 0 Å². The number of halogens is 3. The standard InChI is InChI=1S/C12H15F3/c1-9-3-4-10(2)6-8-11(7-5-9)12(13,14)15/h5,7-8,10H,1,3-4,6H2,2H3/b7-5-,11-8+. The molecule has 3 heteroatoms. The van der Waals surface area contributed by atoms with E-state index in [4.69, 9.17) is 0 Å². The van der Waals surface area contributed by atoms with Gasteiger partial charge in [-0.15, -0.1) is 0 Å². The Morgan fingerprint density at radius 1 is 1.33 bits per heavy atom. The van der Waals surface area contributed by atoms with Crippen molar-refractivity contribution in [3.05, 3.63) is 36.0 Å². The highest BCUT2D eigenvalue weighted by atomic mass is 19.4. The monoisotopic (exact) mass is 216 g/mol. The maximum atomic E-state index is 12.5. The van der Waals surface area contributed by atoms with Gasteiger partial charge in [0.2, 0.25) is 0 Å². The zero-order valence-electron chi connectivity index (χ0n) is 8.77. The van der Waals surface area contributed by atoms with E-state index in [1.807, 2.05) is 6.92 Å². The SMILES string of the molecule is C=C1/C=C\C(C(F)(F)F)=C/CC(C)CC1. The first kappa shape index (κ1) is 12.1. The molecule has 0 nitrogen and oxygen atoms in total. The summed E-state index contributed by atoms with van der Waals surface area (Å²) in [5.41, 5.74) is 0.205. The lowest BCUT2D eigenvalue weighted by Crippen LogP contribution is -2.10. The van der Waals surface area contributed by atoms with Crippen LogP contribution in [0.4, 0.5) is 13.2 Å². The molecular weight excluding hydrogens is 201 g/mol. The van der Waals surface area contributed by atoms with Crippen LogP contribution < -0.4 is 0 Å². The van der Waals surface area contributed by atoms with Gasteiger partial charge in [0.15, 0.2) is 0 Å². The van der Waals surface area contributed by atoms with Crippen LogP contribution in [0.5, 0.6) is 0 Å². The fourth-order valence-electron chi connectivity index (χ4n) is 1.45. The molecule has 0 aromatic rings. The molecule has 0 fully saturated rings.